The summed E-state index contributed by atoms with van der Waals surface area (Å²) in [5.74, 6) is 1.06. The molecule has 1 atom stereocenters. The number of piperidine rings is 1. The van der Waals surface area contributed by atoms with E-state index in [0.29, 0.717) is 12.1 Å². The summed E-state index contributed by atoms with van der Waals surface area (Å²) in [6.07, 6.45) is 13.0. The minimum Gasteiger partial charge on any atom is -0.377 e. The zero-order valence-electron chi connectivity index (χ0n) is 13.5. The molecule has 2 fully saturated rings. The zero-order chi connectivity index (χ0) is 15.5. The van der Waals surface area contributed by atoms with Gasteiger partial charge < -0.3 is 14.2 Å². The Hall–Kier alpha value is -1.72. The summed E-state index contributed by atoms with van der Waals surface area (Å²) >= 11 is 0. The van der Waals surface area contributed by atoms with Crippen molar-refractivity contribution in [3.05, 3.63) is 36.9 Å². The maximum Gasteiger partial charge on any atom is 0.140 e. The highest BCUT2D eigenvalue weighted by Crippen LogP contribution is 2.28. The van der Waals surface area contributed by atoms with Crippen molar-refractivity contribution in [1.82, 2.24) is 19.4 Å². The molecule has 5 nitrogen and oxygen atoms in total. The number of rotatable bonds is 4. The third-order valence-electron chi connectivity index (χ3n) is 5.04. The second-order valence-corrected chi connectivity index (χ2v) is 6.56. The summed E-state index contributed by atoms with van der Waals surface area (Å²) in [5, 5.41) is 0. The maximum absolute atomic E-state index is 5.77. The molecule has 2 aromatic rings. The Balaban J connectivity index is 1.40. The molecule has 0 radical (unpaired) electrons. The number of hydrogen-bond donors (Lipinski definition) is 0. The molecule has 0 aliphatic carbocycles. The van der Waals surface area contributed by atoms with E-state index < -0.39 is 0 Å². The summed E-state index contributed by atoms with van der Waals surface area (Å²) in [6, 6.07) is 4.61. The van der Waals surface area contributed by atoms with Crippen LogP contribution < -0.4 is 0 Å². The Morgan fingerprint density at radius 1 is 1.09 bits per heavy atom. The summed E-state index contributed by atoms with van der Waals surface area (Å²) in [5.41, 5.74) is 1.15. The summed E-state index contributed by atoms with van der Waals surface area (Å²) in [4.78, 5) is 11.2. The Kier molecular flexibility index (Phi) is 4.39. The van der Waals surface area contributed by atoms with Crippen LogP contribution in [-0.4, -0.2) is 51.8 Å². The van der Waals surface area contributed by atoms with E-state index in [4.69, 9.17) is 4.74 Å². The Bertz CT molecular complexity index is 613. The van der Waals surface area contributed by atoms with Crippen molar-refractivity contribution in [1.29, 1.82) is 0 Å². The van der Waals surface area contributed by atoms with Gasteiger partial charge in [-0.15, -0.1) is 0 Å². The van der Waals surface area contributed by atoms with Gasteiger partial charge in [-0.05, 0) is 37.8 Å². The molecule has 2 aromatic heterocycles. The van der Waals surface area contributed by atoms with Crippen LogP contribution in [0, 0.1) is 0 Å². The van der Waals surface area contributed by atoms with Gasteiger partial charge in [0.25, 0.3) is 0 Å². The molecule has 0 bridgehead atoms. The number of likely N-dealkylation sites (tertiary alicyclic amines) is 1. The molecule has 0 saturated carbocycles. The fourth-order valence-electron chi connectivity index (χ4n) is 3.79. The van der Waals surface area contributed by atoms with Gasteiger partial charge in [0.2, 0.25) is 0 Å². The third-order valence-corrected chi connectivity index (χ3v) is 5.04. The smallest absolute Gasteiger partial charge is 0.140 e. The highest BCUT2D eigenvalue weighted by Gasteiger charge is 2.25. The fourth-order valence-corrected chi connectivity index (χ4v) is 3.79. The molecule has 2 aliphatic heterocycles. The van der Waals surface area contributed by atoms with Gasteiger partial charge in [0.1, 0.15) is 5.82 Å². The van der Waals surface area contributed by atoms with Crippen molar-refractivity contribution in [3.8, 4) is 11.4 Å². The molecule has 2 aliphatic rings. The van der Waals surface area contributed by atoms with Crippen LogP contribution in [-0.2, 0) is 4.74 Å². The molecule has 0 amide bonds. The average molecular weight is 312 g/mol. The first-order valence-corrected chi connectivity index (χ1v) is 8.67. The largest absolute Gasteiger partial charge is 0.377 e. The first-order chi connectivity index (χ1) is 11.4. The predicted molar refractivity (Wildman–Crippen MR) is 89.1 cm³/mol. The monoisotopic (exact) mass is 312 g/mol. The number of hydrogen-bond acceptors (Lipinski definition) is 4. The van der Waals surface area contributed by atoms with Crippen LogP contribution in [0.25, 0.3) is 11.4 Å². The van der Waals surface area contributed by atoms with Crippen LogP contribution in [0.5, 0.6) is 0 Å². The Morgan fingerprint density at radius 2 is 1.91 bits per heavy atom. The molecule has 2 saturated heterocycles. The van der Waals surface area contributed by atoms with Gasteiger partial charge in [0.15, 0.2) is 0 Å². The number of ether oxygens (including phenoxy) is 1. The van der Waals surface area contributed by atoms with Gasteiger partial charge in [0, 0.05) is 62.6 Å². The van der Waals surface area contributed by atoms with Crippen molar-refractivity contribution in [2.24, 2.45) is 0 Å². The van der Waals surface area contributed by atoms with Crippen LogP contribution in [0.2, 0.25) is 0 Å². The summed E-state index contributed by atoms with van der Waals surface area (Å²) < 4.78 is 8.11. The van der Waals surface area contributed by atoms with E-state index >= 15 is 0 Å². The second kappa shape index (κ2) is 6.81. The quantitative estimate of drug-likeness (QED) is 0.871. The third kappa shape index (κ3) is 3.31. The van der Waals surface area contributed by atoms with Crippen molar-refractivity contribution in [3.63, 3.8) is 0 Å². The molecule has 4 rings (SSSR count). The lowest BCUT2D eigenvalue weighted by atomic mass is 10.0. The SMILES string of the molecule is c1cc(-c2nccn2C2CCN(C[C@@H]3CCCO3)CC2)ccn1. The van der Waals surface area contributed by atoms with E-state index in [-0.39, 0.29) is 0 Å². The van der Waals surface area contributed by atoms with Crippen LogP contribution >= 0.6 is 0 Å². The van der Waals surface area contributed by atoms with E-state index in [1.165, 1.54) is 25.7 Å². The van der Waals surface area contributed by atoms with E-state index in [0.717, 1.165) is 37.6 Å². The lowest BCUT2D eigenvalue weighted by Crippen LogP contribution is -2.39. The topological polar surface area (TPSA) is 43.2 Å². The van der Waals surface area contributed by atoms with Gasteiger partial charge in [-0.25, -0.2) is 4.98 Å². The van der Waals surface area contributed by atoms with Gasteiger partial charge in [0.05, 0.1) is 6.10 Å². The maximum atomic E-state index is 5.77. The van der Waals surface area contributed by atoms with E-state index in [9.17, 15) is 0 Å². The van der Waals surface area contributed by atoms with Gasteiger partial charge in [-0.1, -0.05) is 0 Å². The molecule has 4 heterocycles. The highest BCUT2D eigenvalue weighted by molar-refractivity contribution is 5.54. The Labute approximate surface area is 137 Å². The normalized spacial score (nSPS) is 23.4. The summed E-state index contributed by atoms with van der Waals surface area (Å²) in [6.45, 7) is 4.36. The standard InChI is InChI=1S/C18H24N4O/c1-2-17(23-13-1)14-21-10-5-16(6-11-21)22-12-9-20-18(22)15-3-7-19-8-4-15/h3-4,7-9,12,16-17H,1-2,5-6,10-11,13-14H2/t17-/m0/s1. The number of pyridine rings is 1. The molecule has 5 heteroatoms. The van der Waals surface area contributed by atoms with Gasteiger partial charge in [-0.3, -0.25) is 4.98 Å². The first kappa shape index (κ1) is 14.8. The molecule has 0 spiro atoms. The fraction of sp³-hybridized carbons (Fsp3) is 0.556. The first-order valence-electron chi connectivity index (χ1n) is 8.67. The minimum absolute atomic E-state index is 0.465. The number of nitrogens with zero attached hydrogens (tertiary/aromatic N) is 4. The minimum atomic E-state index is 0.465. The number of aromatic nitrogens is 3. The van der Waals surface area contributed by atoms with Crippen molar-refractivity contribution in [2.45, 2.75) is 37.8 Å². The van der Waals surface area contributed by atoms with Crippen molar-refractivity contribution in [2.75, 3.05) is 26.2 Å². The lowest BCUT2D eigenvalue weighted by molar-refractivity contribution is 0.0608. The van der Waals surface area contributed by atoms with Crippen LogP contribution in [0.3, 0.4) is 0 Å². The second-order valence-electron chi connectivity index (χ2n) is 6.56. The molecular formula is C18H24N4O. The molecule has 122 valence electrons. The molecule has 0 unspecified atom stereocenters. The van der Waals surface area contributed by atoms with Crippen molar-refractivity contribution >= 4 is 0 Å². The number of imidazole rings is 1. The van der Waals surface area contributed by atoms with Crippen LogP contribution in [0.1, 0.15) is 31.7 Å². The Morgan fingerprint density at radius 3 is 2.65 bits per heavy atom. The van der Waals surface area contributed by atoms with E-state index in [2.05, 4.69) is 25.6 Å². The van der Waals surface area contributed by atoms with Crippen LogP contribution in [0.15, 0.2) is 36.9 Å². The highest BCUT2D eigenvalue weighted by atomic mass is 16.5. The van der Waals surface area contributed by atoms with Crippen molar-refractivity contribution < 1.29 is 4.74 Å². The molecule has 23 heavy (non-hydrogen) atoms. The molecule has 0 N–H and O–H groups in total. The van der Waals surface area contributed by atoms with E-state index in [1.54, 1.807) is 0 Å². The van der Waals surface area contributed by atoms with Crippen LogP contribution in [0.4, 0.5) is 0 Å². The van der Waals surface area contributed by atoms with Gasteiger partial charge >= 0.3 is 0 Å². The van der Waals surface area contributed by atoms with E-state index in [1.807, 2.05) is 30.7 Å². The zero-order valence-corrected chi connectivity index (χ0v) is 13.5. The lowest BCUT2D eigenvalue weighted by Gasteiger charge is -2.34. The molecule has 0 aromatic carbocycles. The average Bonchev–Trinajstić information content (AvgIpc) is 3.28. The summed E-state index contributed by atoms with van der Waals surface area (Å²) in [7, 11) is 0. The predicted octanol–water partition coefficient (Wildman–Crippen LogP) is 2.76. The van der Waals surface area contributed by atoms with Gasteiger partial charge in [-0.2, -0.15) is 0 Å². The molecular weight excluding hydrogens is 288 g/mol.